The second-order valence-electron chi connectivity index (χ2n) is 4.66. The predicted molar refractivity (Wildman–Crippen MR) is 64.5 cm³/mol. The van der Waals surface area contributed by atoms with Crippen LogP contribution in [0.2, 0.25) is 0 Å². The number of alkyl halides is 3. The number of hydrogen-bond donors (Lipinski definition) is 1. The number of thioether (sulfide) groups is 1. The van der Waals surface area contributed by atoms with Crippen LogP contribution in [0.15, 0.2) is 0 Å². The second kappa shape index (κ2) is 6.14. The number of likely N-dealkylation sites (tertiary alicyclic amines) is 1. The summed E-state index contributed by atoms with van der Waals surface area (Å²) in [6, 6.07) is 0. The number of carboxylic acids is 1. The maximum Gasteiger partial charge on any atom is 0.441 e. The highest BCUT2D eigenvalue weighted by Gasteiger charge is 2.43. The zero-order chi connectivity index (χ0) is 13.8. The standard InChI is InChI=1S/C11H18F3NO2S/c1-2-3-10(9(16)17)4-5-15(8-10)6-7-18-11(12,13)14/h2-8H2,1H3,(H,16,17). The topological polar surface area (TPSA) is 40.5 Å². The average Bonchev–Trinajstić information content (AvgIpc) is 2.61. The van der Waals surface area contributed by atoms with Crippen LogP contribution in [-0.2, 0) is 4.79 Å². The van der Waals surface area contributed by atoms with Crippen LogP contribution >= 0.6 is 11.8 Å². The minimum Gasteiger partial charge on any atom is -0.481 e. The highest BCUT2D eigenvalue weighted by Crippen LogP contribution is 2.36. The van der Waals surface area contributed by atoms with Crippen LogP contribution in [-0.4, -0.2) is 46.9 Å². The van der Waals surface area contributed by atoms with E-state index in [9.17, 15) is 23.1 Å². The van der Waals surface area contributed by atoms with Crippen molar-refractivity contribution in [2.75, 3.05) is 25.4 Å². The van der Waals surface area contributed by atoms with Crippen molar-refractivity contribution in [3.05, 3.63) is 0 Å². The third-order valence-electron chi connectivity index (χ3n) is 3.29. The van der Waals surface area contributed by atoms with Crippen molar-refractivity contribution in [1.29, 1.82) is 0 Å². The first-order valence-corrected chi connectivity index (χ1v) is 6.94. The highest BCUT2D eigenvalue weighted by molar-refractivity contribution is 8.00. The van der Waals surface area contributed by atoms with Gasteiger partial charge >= 0.3 is 11.5 Å². The van der Waals surface area contributed by atoms with Crippen LogP contribution in [0.4, 0.5) is 13.2 Å². The molecule has 0 saturated carbocycles. The second-order valence-corrected chi connectivity index (χ2v) is 5.82. The van der Waals surface area contributed by atoms with Crippen LogP contribution in [0.1, 0.15) is 26.2 Å². The van der Waals surface area contributed by atoms with Gasteiger partial charge in [0.1, 0.15) is 0 Å². The number of carbonyl (C=O) groups is 1. The first-order valence-electron chi connectivity index (χ1n) is 5.95. The average molecular weight is 285 g/mol. The summed E-state index contributed by atoms with van der Waals surface area (Å²) in [7, 11) is 0. The number of carboxylic acid groups (broad SMARTS) is 1. The summed E-state index contributed by atoms with van der Waals surface area (Å²) < 4.78 is 35.9. The van der Waals surface area contributed by atoms with Crippen molar-refractivity contribution >= 4 is 17.7 Å². The van der Waals surface area contributed by atoms with Gasteiger partial charge < -0.3 is 10.0 Å². The van der Waals surface area contributed by atoms with Gasteiger partial charge in [0.15, 0.2) is 0 Å². The number of hydrogen-bond acceptors (Lipinski definition) is 3. The first-order chi connectivity index (χ1) is 8.29. The van der Waals surface area contributed by atoms with Crippen molar-refractivity contribution in [3.63, 3.8) is 0 Å². The third-order valence-corrected chi connectivity index (χ3v) is 4.00. The number of rotatable bonds is 6. The Morgan fingerprint density at radius 1 is 1.50 bits per heavy atom. The molecule has 1 atom stereocenters. The van der Waals surface area contributed by atoms with Gasteiger partial charge in [-0.1, -0.05) is 13.3 Å². The van der Waals surface area contributed by atoms with E-state index in [4.69, 9.17) is 0 Å². The molecule has 18 heavy (non-hydrogen) atoms. The van der Waals surface area contributed by atoms with Gasteiger partial charge in [-0.25, -0.2) is 0 Å². The molecular formula is C11H18F3NO2S. The Balaban J connectivity index is 2.42. The Kier molecular flexibility index (Phi) is 5.33. The summed E-state index contributed by atoms with van der Waals surface area (Å²) in [5.41, 5.74) is -4.95. The van der Waals surface area contributed by atoms with Crippen molar-refractivity contribution in [2.24, 2.45) is 5.41 Å². The molecule has 1 heterocycles. The fourth-order valence-electron chi connectivity index (χ4n) is 2.40. The quantitative estimate of drug-likeness (QED) is 0.814. The molecule has 1 N–H and O–H groups in total. The van der Waals surface area contributed by atoms with Gasteiger partial charge in [-0.15, -0.1) is 0 Å². The van der Waals surface area contributed by atoms with Gasteiger partial charge in [0.2, 0.25) is 0 Å². The van der Waals surface area contributed by atoms with E-state index in [1.165, 1.54) is 0 Å². The largest absolute Gasteiger partial charge is 0.481 e. The molecule has 1 aliphatic heterocycles. The fourth-order valence-corrected chi connectivity index (χ4v) is 2.98. The summed E-state index contributed by atoms with van der Waals surface area (Å²) in [6.45, 7) is 3.16. The van der Waals surface area contributed by atoms with Gasteiger partial charge in [0.25, 0.3) is 0 Å². The van der Waals surface area contributed by atoms with E-state index in [-0.39, 0.29) is 17.5 Å². The monoisotopic (exact) mass is 285 g/mol. The Labute approximate surface area is 109 Å². The van der Waals surface area contributed by atoms with E-state index in [0.29, 0.717) is 32.5 Å². The minimum absolute atomic E-state index is 0.0364. The molecule has 0 aromatic carbocycles. The molecule has 0 radical (unpaired) electrons. The molecule has 1 saturated heterocycles. The maximum absolute atomic E-state index is 12.0. The summed E-state index contributed by atoms with van der Waals surface area (Å²) in [6.07, 6.45) is 1.90. The summed E-state index contributed by atoms with van der Waals surface area (Å²) in [5, 5.41) is 9.26. The van der Waals surface area contributed by atoms with Gasteiger partial charge in [0.05, 0.1) is 5.41 Å². The van der Waals surface area contributed by atoms with Gasteiger partial charge in [-0.2, -0.15) is 13.2 Å². The summed E-state index contributed by atoms with van der Waals surface area (Å²) in [4.78, 5) is 13.1. The normalized spacial score (nSPS) is 25.6. The molecule has 1 unspecified atom stereocenters. The highest BCUT2D eigenvalue weighted by atomic mass is 32.2. The van der Waals surface area contributed by atoms with Gasteiger partial charge in [-0.05, 0) is 31.1 Å². The molecule has 3 nitrogen and oxygen atoms in total. The lowest BCUT2D eigenvalue weighted by atomic mass is 9.83. The van der Waals surface area contributed by atoms with Crippen LogP contribution in [0, 0.1) is 5.41 Å². The lowest BCUT2D eigenvalue weighted by Crippen LogP contribution is -2.35. The van der Waals surface area contributed by atoms with E-state index in [0.717, 1.165) is 6.42 Å². The van der Waals surface area contributed by atoms with Crippen LogP contribution in [0.3, 0.4) is 0 Å². The molecule has 106 valence electrons. The molecule has 1 aliphatic rings. The Morgan fingerprint density at radius 2 is 2.17 bits per heavy atom. The van der Waals surface area contributed by atoms with Crippen LogP contribution in [0.25, 0.3) is 0 Å². The number of nitrogens with zero attached hydrogens (tertiary/aromatic N) is 1. The van der Waals surface area contributed by atoms with E-state index in [1.54, 1.807) is 0 Å². The van der Waals surface area contributed by atoms with Crippen molar-refractivity contribution in [2.45, 2.75) is 31.7 Å². The molecule has 0 aliphatic carbocycles. The summed E-state index contributed by atoms with van der Waals surface area (Å²) >= 11 is -0.0468. The lowest BCUT2D eigenvalue weighted by molar-refractivity contribution is -0.148. The Morgan fingerprint density at radius 3 is 2.67 bits per heavy atom. The van der Waals surface area contributed by atoms with Gasteiger partial charge in [0, 0.05) is 18.8 Å². The number of halogens is 3. The maximum atomic E-state index is 12.0. The van der Waals surface area contributed by atoms with E-state index >= 15 is 0 Å². The molecule has 1 fully saturated rings. The van der Waals surface area contributed by atoms with Crippen LogP contribution < -0.4 is 0 Å². The van der Waals surface area contributed by atoms with E-state index < -0.39 is 16.9 Å². The Hall–Kier alpha value is -0.430. The van der Waals surface area contributed by atoms with Crippen molar-refractivity contribution < 1.29 is 23.1 Å². The molecule has 0 amide bonds. The molecule has 1 rings (SSSR count). The molecule has 0 spiro atoms. The fraction of sp³-hybridized carbons (Fsp3) is 0.909. The van der Waals surface area contributed by atoms with Crippen LogP contribution in [0.5, 0.6) is 0 Å². The molecule has 7 heteroatoms. The molecule has 0 bridgehead atoms. The lowest BCUT2D eigenvalue weighted by Gasteiger charge is -2.24. The van der Waals surface area contributed by atoms with Crippen molar-refractivity contribution in [3.8, 4) is 0 Å². The van der Waals surface area contributed by atoms with E-state index in [1.807, 2.05) is 11.8 Å². The molecule has 0 aromatic heterocycles. The van der Waals surface area contributed by atoms with Gasteiger partial charge in [-0.3, -0.25) is 4.79 Å². The Bertz CT molecular complexity index is 299. The SMILES string of the molecule is CCCC1(C(=O)O)CCN(CCSC(F)(F)F)C1. The molecule has 0 aromatic rings. The zero-order valence-corrected chi connectivity index (χ0v) is 11.1. The summed E-state index contributed by atoms with van der Waals surface area (Å²) in [5.74, 6) is -0.860. The zero-order valence-electron chi connectivity index (χ0n) is 10.3. The first kappa shape index (κ1) is 15.6. The van der Waals surface area contributed by atoms with E-state index in [2.05, 4.69) is 0 Å². The number of aliphatic carboxylic acids is 1. The molecular weight excluding hydrogens is 267 g/mol. The predicted octanol–water partition coefficient (Wildman–Crippen LogP) is 2.82. The smallest absolute Gasteiger partial charge is 0.441 e. The third kappa shape index (κ3) is 4.35. The van der Waals surface area contributed by atoms with Crippen molar-refractivity contribution in [1.82, 2.24) is 4.90 Å². The minimum atomic E-state index is -4.20.